The molecular formula is C40H18. The van der Waals surface area contributed by atoms with Crippen molar-refractivity contribution in [2.24, 2.45) is 0 Å². The second-order valence-corrected chi connectivity index (χ2v) is 14.7. The van der Waals surface area contributed by atoms with Crippen molar-refractivity contribution in [2.45, 2.75) is 49.4 Å². The fourth-order valence-electron chi connectivity index (χ4n) is 13.4. The molecule has 0 spiro atoms. The minimum absolute atomic E-state index is 0.547. The van der Waals surface area contributed by atoms with Crippen LogP contribution in [0.2, 0.25) is 0 Å². The van der Waals surface area contributed by atoms with Crippen LogP contribution in [-0.2, 0) is 0 Å². The van der Waals surface area contributed by atoms with E-state index < -0.39 is 0 Å². The molecule has 0 heterocycles. The summed E-state index contributed by atoms with van der Waals surface area (Å²) in [6.45, 7) is 0. The van der Waals surface area contributed by atoms with Gasteiger partial charge in [-0.15, -0.1) is 0 Å². The van der Waals surface area contributed by atoms with E-state index in [-0.39, 0.29) is 0 Å². The Labute approximate surface area is 226 Å². The molecule has 0 radical (unpaired) electrons. The van der Waals surface area contributed by atoms with Gasteiger partial charge >= 0.3 is 0 Å². The first-order chi connectivity index (χ1) is 19.9. The van der Waals surface area contributed by atoms with E-state index in [0.717, 1.165) is 5.92 Å². The van der Waals surface area contributed by atoms with Gasteiger partial charge in [0.2, 0.25) is 0 Å². The summed E-state index contributed by atoms with van der Waals surface area (Å²) in [5.41, 5.74) is 12.3. The molecule has 0 N–H and O–H groups in total. The first-order valence-electron chi connectivity index (χ1n) is 15.7. The Morgan fingerprint density at radius 3 is 2.10 bits per heavy atom. The van der Waals surface area contributed by atoms with Crippen LogP contribution in [-0.4, -0.2) is 0 Å². The highest BCUT2D eigenvalue weighted by Gasteiger charge is 2.51. The minimum Gasteiger partial charge on any atom is -0.0791 e. The molecule has 178 valence electrons. The zero-order chi connectivity index (χ0) is 24.4. The van der Waals surface area contributed by atoms with Crippen molar-refractivity contribution in [3.05, 3.63) is 68.9 Å². The highest BCUT2D eigenvalue weighted by atomic mass is 14.5. The second kappa shape index (κ2) is 4.34. The molecule has 0 heteroatoms. The van der Waals surface area contributed by atoms with Gasteiger partial charge in [0.05, 0.1) is 0 Å². The van der Waals surface area contributed by atoms with Crippen molar-refractivity contribution >= 4 is 109 Å². The van der Waals surface area contributed by atoms with Crippen molar-refractivity contribution in [2.75, 3.05) is 0 Å². The summed E-state index contributed by atoms with van der Waals surface area (Å²) in [5.74, 6) is 2.60. The lowest BCUT2D eigenvalue weighted by molar-refractivity contribution is 0.481. The topological polar surface area (TPSA) is 0 Å². The molecule has 0 amide bonds. The lowest BCUT2D eigenvalue weighted by Crippen LogP contribution is -2.17. The smallest absolute Gasteiger partial charge is 0.0143 e. The standard InChI is InChI=1S/C40H18/c1-2-12-14-5-6-16-18-9-10-20-19-8-7-17-15-4-3-13-11(1)21-22(12)32-24(14)26(16)34-29(18)30(20)35-28(19)27(17)33-25(15)23(13)31(21)36-37(32)39(34)40(35)38(33)36/h1-5,8,16-18,20H,6-7,9-10H2. The maximum absolute atomic E-state index is 2.72. The van der Waals surface area contributed by atoms with Crippen molar-refractivity contribution in [1.82, 2.24) is 0 Å². The molecule has 4 atom stereocenters. The molecule has 0 saturated heterocycles. The fourth-order valence-corrected chi connectivity index (χ4v) is 13.4. The predicted octanol–water partition coefficient (Wildman–Crippen LogP) is 9.90. The first kappa shape index (κ1) is 16.8. The monoisotopic (exact) mass is 498 g/mol. The quantitative estimate of drug-likeness (QED) is 0.183. The van der Waals surface area contributed by atoms with Crippen LogP contribution in [0.4, 0.5) is 0 Å². The van der Waals surface area contributed by atoms with Gasteiger partial charge in [-0.3, -0.25) is 0 Å². The molecule has 40 heavy (non-hydrogen) atoms. The van der Waals surface area contributed by atoms with Gasteiger partial charge in [0.15, 0.2) is 0 Å². The highest BCUT2D eigenvalue weighted by Crippen LogP contribution is 2.73. The van der Waals surface area contributed by atoms with Gasteiger partial charge in [-0.1, -0.05) is 36.4 Å². The molecule has 0 fully saturated rings. The Morgan fingerprint density at radius 2 is 1.15 bits per heavy atom. The molecule has 16 rings (SSSR count). The molecule has 4 unspecified atom stereocenters. The van der Waals surface area contributed by atoms with E-state index in [2.05, 4.69) is 36.4 Å². The van der Waals surface area contributed by atoms with Gasteiger partial charge in [-0.2, -0.15) is 0 Å². The largest absolute Gasteiger partial charge is 0.0791 e. The zero-order valence-electron chi connectivity index (χ0n) is 21.6. The Balaban J connectivity index is 1.48. The van der Waals surface area contributed by atoms with Gasteiger partial charge in [-0.05, 0) is 179 Å². The number of rotatable bonds is 0. The van der Waals surface area contributed by atoms with E-state index in [4.69, 9.17) is 0 Å². The normalized spacial score (nSPS) is 26.9. The van der Waals surface area contributed by atoms with E-state index in [1.165, 1.54) is 36.5 Å². The number of allylic oxidation sites excluding steroid dienone is 2. The summed E-state index contributed by atoms with van der Waals surface area (Å²) in [7, 11) is 0. The Morgan fingerprint density at radius 1 is 0.425 bits per heavy atom. The molecule has 10 aromatic carbocycles. The Bertz CT molecular complexity index is 3090. The summed E-state index contributed by atoms with van der Waals surface area (Å²) in [6.07, 6.45) is 10.6. The summed E-state index contributed by atoms with van der Waals surface area (Å²) in [5, 5.41) is 31.2. The third kappa shape index (κ3) is 1.12. The van der Waals surface area contributed by atoms with Crippen LogP contribution in [0.25, 0.3) is 109 Å². The number of fused-ring (bicyclic) bond motifs is 5. The van der Waals surface area contributed by atoms with Crippen LogP contribution < -0.4 is 5.22 Å². The van der Waals surface area contributed by atoms with Crippen LogP contribution >= 0.6 is 0 Å². The third-order valence-electron chi connectivity index (χ3n) is 14.1. The van der Waals surface area contributed by atoms with Crippen LogP contribution in [0, 0.1) is 0 Å². The van der Waals surface area contributed by atoms with Crippen LogP contribution in [0.1, 0.15) is 82.7 Å². The summed E-state index contributed by atoms with van der Waals surface area (Å²) in [6, 6.07) is 10.1. The van der Waals surface area contributed by atoms with Crippen molar-refractivity contribution in [1.29, 1.82) is 0 Å². The third-order valence-corrected chi connectivity index (χ3v) is 14.1. The van der Waals surface area contributed by atoms with Gasteiger partial charge in [0, 0.05) is 11.8 Å². The van der Waals surface area contributed by atoms with E-state index in [9.17, 15) is 0 Å². The molecule has 0 nitrogen and oxygen atoms in total. The second-order valence-electron chi connectivity index (χ2n) is 14.7. The molecule has 10 aromatic rings. The molecule has 6 aliphatic carbocycles. The molecule has 0 aromatic heterocycles. The number of benzene rings is 7. The maximum atomic E-state index is 2.72. The van der Waals surface area contributed by atoms with E-state index in [1.807, 2.05) is 11.1 Å². The molecule has 6 aliphatic rings. The van der Waals surface area contributed by atoms with Crippen LogP contribution in [0.3, 0.4) is 0 Å². The highest BCUT2D eigenvalue weighted by molar-refractivity contribution is 6.61. The Hall–Kier alpha value is -4.16. The summed E-state index contributed by atoms with van der Waals surface area (Å²) in [4.78, 5) is 0. The van der Waals surface area contributed by atoms with Crippen LogP contribution in [0.5, 0.6) is 0 Å². The predicted molar refractivity (Wildman–Crippen MR) is 167 cm³/mol. The lowest BCUT2D eigenvalue weighted by Gasteiger charge is -2.31. The van der Waals surface area contributed by atoms with Crippen molar-refractivity contribution in [3.8, 4) is 0 Å². The SMILES string of the molecule is C1=C2c3c4c5c6c(ccc7c8ccc9c%10c%11c%12c%13c%14c(c3c3c%13c%13c%11c9c8c(c76)c%13c53)C2CCC%14C%12CC=%10)C4C1. The number of hydrogen-bond donors (Lipinski definition) is 0. The average Bonchev–Trinajstić information content (AvgIpc) is 3.79. The van der Waals surface area contributed by atoms with Gasteiger partial charge < -0.3 is 0 Å². The molecule has 0 aliphatic heterocycles. The molecule has 0 bridgehead atoms. The zero-order valence-corrected chi connectivity index (χ0v) is 21.6. The summed E-state index contributed by atoms with van der Waals surface area (Å²) < 4.78 is 0. The van der Waals surface area contributed by atoms with Crippen LogP contribution in [0.15, 0.2) is 30.3 Å². The maximum Gasteiger partial charge on any atom is 0.0143 e. The lowest BCUT2D eigenvalue weighted by atomic mass is 9.72. The molecular weight excluding hydrogens is 480 g/mol. The van der Waals surface area contributed by atoms with Gasteiger partial charge in [0.1, 0.15) is 0 Å². The molecule has 0 saturated carbocycles. The Kier molecular flexibility index (Phi) is 1.83. The number of hydrogen-bond acceptors (Lipinski definition) is 0. The van der Waals surface area contributed by atoms with E-state index in [1.54, 1.807) is 119 Å². The average molecular weight is 499 g/mol. The van der Waals surface area contributed by atoms with Crippen molar-refractivity contribution in [3.63, 3.8) is 0 Å². The fraction of sp³-hybridized carbons (Fsp3) is 0.200. The van der Waals surface area contributed by atoms with E-state index >= 15 is 0 Å². The summed E-state index contributed by atoms with van der Waals surface area (Å²) >= 11 is 0. The van der Waals surface area contributed by atoms with Crippen molar-refractivity contribution < 1.29 is 0 Å². The minimum atomic E-state index is 0.547. The van der Waals surface area contributed by atoms with E-state index in [0.29, 0.717) is 17.8 Å². The first-order valence-corrected chi connectivity index (χ1v) is 15.7. The van der Waals surface area contributed by atoms with Gasteiger partial charge in [-0.25, -0.2) is 0 Å². The van der Waals surface area contributed by atoms with Gasteiger partial charge in [0.25, 0.3) is 0 Å².